The summed E-state index contributed by atoms with van der Waals surface area (Å²) in [6, 6.07) is 82.8. The molecule has 0 saturated heterocycles. The first-order valence-corrected chi connectivity index (χ1v) is 25.0. The topological polar surface area (TPSA) is 40.6 Å². The summed E-state index contributed by atoms with van der Waals surface area (Å²) >= 11 is 1.86. The second kappa shape index (κ2) is 14.5. The molecule has 2 aliphatic rings. The summed E-state index contributed by atoms with van der Waals surface area (Å²) in [4.78, 5) is 12.6. The van der Waals surface area contributed by atoms with Gasteiger partial charge in [-0.1, -0.05) is 127 Å². The van der Waals surface area contributed by atoms with E-state index in [1.807, 2.05) is 24.2 Å². The normalized spacial score (nSPS) is 13.4. The van der Waals surface area contributed by atoms with Crippen LogP contribution in [0.2, 0.25) is 0 Å². The number of rotatable bonds is 4. The van der Waals surface area contributed by atoms with Crippen LogP contribution < -0.4 is 0 Å². The van der Waals surface area contributed by atoms with Crippen molar-refractivity contribution < 1.29 is 0 Å². The van der Waals surface area contributed by atoms with E-state index in [1.54, 1.807) is 0 Å². The van der Waals surface area contributed by atoms with E-state index in [1.165, 1.54) is 97.5 Å². The Morgan fingerprint density at radius 2 is 0.676 bits per heavy atom. The number of hydrogen-bond acceptors (Lipinski definition) is 3. The van der Waals surface area contributed by atoms with E-state index in [0.717, 1.165) is 39.6 Å². The van der Waals surface area contributed by atoms with Crippen molar-refractivity contribution in [2.24, 2.45) is 0 Å². The average Bonchev–Trinajstić information content (AvgIpc) is 4.15. The van der Waals surface area contributed by atoms with E-state index in [9.17, 15) is 0 Å². The van der Waals surface area contributed by atoms with Crippen molar-refractivity contribution in [3.05, 3.63) is 259 Å². The molecular weight excluding hydrogens is 883 g/mol. The third-order valence-electron chi connectivity index (χ3n) is 15.4. The van der Waals surface area contributed by atoms with Gasteiger partial charge in [0.2, 0.25) is 0 Å². The van der Waals surface area contributed by atoms with Crippen LogP contribution in [-0.2, 0) is 5.41 Å². The number of fused-ring (bicyclic) bond motifs is 18. The summed E-state index contributed by atoms with van der Waals surface area (Å²) in [6.45, 7) is 0. The van der Waals surface area contributed by atoms with Gasteiger partial charge in [0, 0.05) is 71.6 Å². The molecule has 6 heteroatoms. The summed E-state index contributed by atoms with van der Waals surface area (Å²) in [5.74, 6) is 0. The molecule has 0 N–H and O–H groups in total. The fraction of sp³-hybridized carbons (Fsp3) is 0.0154. The summed E-state index contributed by atoms with van der Waals surface area (Å²) in [5, 5.41) is 7.47. The van der Waals surface area contributed by atoms with Crippen molar-refractivity contribution in [2.75, 3.05) is 0 Å². The monoisotopic (exact) mass is 921 g/mol. The van der Waals surface area contributed by atoms with Gasteiger partial charge >= 0.3 is 0 Å². The van der Waals surface area contributed by atoms with Gasteiger partial charge in [0.15, 0.2) is 0 Å². The molecule has 1 aliphatic carbocycles. The van der Waals surface area contributed by atoms with Crippen molar-refractivity contribution in [3.8, 4) is 39.6 Å². The maximum Gasteiger partial charge on any atom is 0.0937 e. The average molecular weight is 922 g/mol. The largest absolute Gasteiger partial charge is 0.309 e. The van der Waals surface area contributed by atoms with E-state index in [2.05, 4.69) is 238 Å². The molecule has 0 atom stereocenters. The predicted octanol–water partition coefficient (Wildman–Crippen LogP) is 16.3. The molecular formula is C65H39N5S. The lowest BCUT2D eigenvalue weighted by Gasteiger charge is -2.39. The Kier molecular flexibility index (Phi) is 7.97. The highest BCUT2D eigenvalue weighted by Crippen LogP contribution is 2.62. The molecule has 0 unspecified atom stereocenters. The third-order valence-corrected chi connectivity index (χ3v) is 16.6. The summed E-state index contributed by atoms with van der Waals surface area (Å²) < 4.78 is 7.23. The minimum atomic E-state index is -0.667. The number of benzene rings is 9. The highest BCUT2D eigenvalue weighted by Gasteiger charge is 2.52. The molecule has 9 aromatic carbocycles. The molecule has 14 aromatic rings. The Balaban J connectivity index is 0.872. The first-order valence-electron chi connectivity index (χ1n) is 24.2. The van der Waals surface area contributed by atoms with Gasteiger partial charge < -0.3 is 13.7 Å². The molecule has 71 heavy (non-hydrogen) atoms. The van der Waals surface area contributed by atoms with E-state index < -0.39 is 5.41 Å². The number of aromatic nitrogens is 5. The SMILES string of the molecule is c1cnc2c(c1)C1(c3cc(-c4ccc5c(c4)c4ccccc4n5-c4ccc(-n5c6ccccc6c6ccccc65)cc4)ccc3Sc3ccc(-n4c5ccccc5c5ccccc54)cc31)c1cccnc1-2. The molecule has 1 aliphatic heterocycles. The van der Waals surface area contributed by atoms with Crippen LogP contribution in [0.25, 0.3) is 105 Å². The van der Waals surface area contributed by atoms with Crippen molar-refractivity contribution in [2.45, 2.75) is 15.2 Å². The highest BCUT2D eigenvalue weighted by atomic mass is 32.2. The van der Waals surface area contributed by atoms with E-state index in [4.69, 9.17) is 9.97 Å². The minimum absolute atomic E-state index is 0.667. The quantitative estimate of drug-likeness (QED) is 0.177. The van der Waals surface area contributed by atoms with Gasteiger partial charge in [0.25, 0.3) is 0 Å². The first-order chi connectivity index (χ1) is 35.2. The fourth-order valence-electron chi connectivity index (χ4n) is 12.5. The van der Waals surface area contributed by atoms with Crippen LogP contribution in [-0.4, -0.2) is 23.7 Å². The molecule has 5 aromatic heterocycles. The van der Waals surface area contributed by atoms with Gasteiger partial charge in [-0.15, -0.1) is 0 Å². The third kappa shape index (κ3) is 5.26. The van der Waals surface area contributed by atoms with Gasteiger partial charge in [-0.2, -0.15) is 0 Å². The number of hydrogen-bond donors (Lipinski definition) is 0. The molecule has 330 valence electrons. The fourth-order valence-corrected chi connectivity index (χ4v) is 13.6. The lowest BCUT2D eigenvalue weighted by atomic mass is 9.67. The second-order valence-electron chi connectivity index (χ2n) is 18.9. The molecule has 0 bridgehead atoms. The van der Waals surface area contributed by atoms with E-state index in [0.29, 0.717) is 0 Å². The molecule has 5 nitrogen and oxygen atoms in total. The highest BCUT2D eigenvalue weighted by molar-refractivity contribution is 7.99. The maximum absolute atomic E-state index is 5.08. The van der Waals surface area contributed by atoms with Crippen LogP contribution in [0.3, 0.4) is 0 Å². The predicted molar refractivity (Wildman–Crippen MR) is 292 cm³/mol. The van der Waals surface area contributed by atoms with Gasteiger partial charge in [-0.25, -0.2) is 0 Å². The molecule has 0 radical (unpaired) electrons. The lowest BCUT2D eigenvalue weighted by Crippen LogP contribution is -2.32. The molecule has 16 rings (SSSR count). The molecule has 0 fully saturated rings. The number of nitrogens with zero attached hydrogens (tertiary/aromatic N) is 5. The molecule has 0 saturated carbocycles. The van der Waals surface area contributed by atoms with Crippen molar-refractivity contribution in [3.63, 3.8) is 0 Å². The van der Waals surface area contributed by atoms with Crippen LogP contribution in [0.1, 0.15) is 22.3 Å². The molecule has 6 heterocycles. The standard InChI is InChI=1S/C65H39N5S/c1-6-20-55-45(13-1)46-14-2-7-21-56(46)68(55)42-27-29-43(30-28-42)69-59-24-10-5-17-49(59)50-37-40(25-32-60(50)69)41-26-33-61-53(38-41)65(51-18-11-35-66-63(51)64-52(65)19-12-36-67-64)54-39-44(31-34-62(54)71-61)70-57-22-8-3-15-47(57)48-16-4-9-23-58(48)70/h1-39H. The molecule has 0 amide bonds. The maximum atomic E-state index is 5.08. The van der Waals surface area contributed by atoms with Gasteiger partial charge in [0.05, 0.1) is 49.9 Å². The number of pyridine rings is 2. The minimum Gasteiger partial charge on any atom is -0.309 e. The Bertz CT molecular complexity index is 4420. The van der Waals surface area contributed by atoms with Crippen molar-refractivity contribution in [1.29, 1.82) is 0 Å². The van der Waals surface area contributed by atoms with Crippen LogP contribution in [0, 0.1) is 0 Å². The van der Waals surface area contributed by atoms with Crippen LogP contribution in [0.5, 0.6) is 0 Å². The molecule has 1 spiro atoms. The van der Waals surface area contributed by atoms with Gasteiger partial charge in [-0.05, 0) is 143 Å². The summed E-state index contributed by atoms with van der Waals surface area (Å²) in [6.07, 6.45) is 3.82. The Hall–Kier alpha value is -8.97. The zero-order valence-corrected chi connectivity index (χ0v) is 39.0. The van der Waals surface area contributed by atoms with E-state index in [-0.39, 0.29) is 0 Å². The summed E-state index contributed by atoms with van der Waals surface area (Å²) in [7, 11) is 0. The van der Waals surface area contributed by atoms with Gasteiger partial charge in [-0.3, -0.25) is 9.97 Å². The van der Waals surface area contributed by atoms with Crippen LogP contribution in [0.15, 0.2) is 247 Å². The van der Waals surface area contributed by atoms with E-state index >= 15 is 0 Å². The zero-order chi connectivity index (χ0) is 46.4. The zero-order valence-electron chi connectivity index (χ0n) is 38.2. The Morgan fingerprint density at radius 1 is 0.296 bits per heavy atom. The Morgan fingerprint density at radius 3 is 1.18 bits per heavy atom. The van der Waals surface area contributed by atoms with Crippen LogP contribution >= 0.6 is 11.8 Å². The number of para-hydroxylation sites is 5. The lowest BCUT2D eigenvalue weighted by molar-refractivity contribution is 0.718. The first kappa shape index (κ1) is 38.9. The van der Waals surface area contributed by atoms with Gasteiger partial charge in [0.1, 0.15) is 0 Å². The second-order valence-corrected chi connectivity index (χ2v) is 20.0. The van der Waals surface area contributed by atoms with Crippen LogP contribution in [0.4, 0.5) is 0 Å². The van der Waals surface area contributed by atoms with Crippen molar-refractivity contribution in [1.82, 2.24) is 23.7 Å². The smallest absolute Gasteiger partial charge is 0.0937 e. The summed E-state index contributed by atoms with van der Waals surface area (Å²) in [5.41, 5.74) is 18.9. The Labute approximate surface area is 412 Å². The van der Waals surface area contributed by atoms with Crippen molar-refractivity contribution >= 4 is 77.2 Å².